The van der Waals surface area contributed by atoms with Crippen molar-refractivity contribution in [3.05, 3.63) is 0 Å². The van der Waals surface area contributed by atoms with Crippen LogP contribution in [0, 0.1) is 5.92 Å². The van der Waals surface area contributed by atoms with E-state index in [0.29, 0.717) is 18.6 Å². The summed E-state index contributed by atoms with van der Waals surface area (Å²) in [6.45, 7) is 5.40. The highest BCUT2D eigenvalue weighted by Gasteiger charge is 2.09. The predicted molar refractivity (Wildman–Crippen MR) is 49.0 cm³/mol. The summed E-state index contributed by atoms with van der Waals surface area (Å²) >= 11 is 0. The molecule has 0 aromatic heterocycles. The highest BCUT2D eigenvalue weighted by atomic mass is 16.1. The molecule has 0 bridgehead atoms. The van der Waals surface area contributed by atoms with Crippen molar-refractivity contribution in [3.63, 3.8) is 0 Å². The van der Waals surface area contributed by atoms with Crippen molar-refractivity contribution in [2.24, 2.45) is 5.92 Å². The summed E-state index contributed by atoms with van der Waals surface area (Å²) in [5.74, 6) is 0.652. The molecule has 12 heavy (non-hydrogen) atoms. The van der Waals surface area contributed by atoms with E-state index in [9.17, 15) is 9.59 Å². The van der Waals surface area contributed by atoms with Crippen LogP contribution in [0.15, 0.2) is 0 Å². The largest absolute Gasteiger partial charge is 0.300 e. The molecule has 0 amide bonds. The van der Waals surface area contributed by atoms with Crippen LogP contribution < -0.4 is 0 Å². The summed E-state index contributed by atoms with van der Waals surface area (Å²) < 4.78 is 0. The maximum atomic E-state index is 11.1. The lowest BCUT2D eigenvalue weighted by Crippen LogP contribution is -2.09. The first-order valence-electron chi connectivity index (χ1n) is 4.60. The molecule has 0 rings (SSSR count). The van der Waals surface area contributed by atoms with Crippen molar-refractivity contribution in [3.8, 4) is 0 Å². The highest BCUT2D eigenvalue weighted by molar-refractivity contribution is 5.80. The van der Waals surface area contributed by atoms with E-state index in [1.165, 1.54) is 0 Å². The molecule has 2 heteroatoms. The van der Waals surface area contributed by atoms with Gasteiger partial charge in [0.15, 0.2) is 0 Å². The average molecular weight is 170 g/mol. The molecule has 1 unspecified atom stereocenters. The van der Waals surface area contributed by atoms with Crippen LogP contribution >= 0.6 is 0 Å². The van der Waals surface area contributed by atoms with Crippen LogP contribution in [0.5, 0.6) is 0 Å². The lowest BCUT2D eigenvalue weighted by Gasteiger charge is -2.06. The van der Waals surface area contributed by atoms with Gasteiger partial charge in [-0.05, 0) is 19.8 Å². The van der Waals surface area contributed by atoms with Gasteiger partial charge in [0, 0.05) is 18.8 Å². The maximum Gasteiger partial charge on any atom is 0.135 e. The summed E-state index contributed by atoms with van der Waals surface area (Å²) in [6.07, 6.45) is 2.93. The molecule has 0 aliphatic heterocycles. The zero-order chi connectivity index (χ0) is 9.56. The van der Waals surface area contributed by atoms with E-state index >= 15 is 0 Å². The number of rotatable bonds is 6. The normalized spacial score (nSPS) is 12.6. The van der Waals surface area contributed by atoms with Crippen molar-refractivity contribution >= 4 is 11.6 Å². The number of carbonyl (C=O) groups is 2. The highest BCUT2D eigenvalue weighted by Crippen LogP contribution is 2.10. The first-order valence-corrected chi connectivity index (χ1v) is 4.60. The van der Waals surface area contributed by atoms with E-state index in [-0.39, 0.29) is 11.7 Å². The lowest BCUT2D eigenvalue weighted by atomic mass is 9.97. The van der Waals surface area contributed by atoms with E-state index in [1.807, 2.05) is 13.8 Å². The molecule has 0 radical (unpaired) electrons. The third-order valence-corrected chi connectivity index (χ3v) is 2.06. The first-order chi connectivity index (χ1) is 5.57. The molecule has 0 N–H and O–H groups in total. The molecule has 2 nitrogen and oxygen atoms in total. The van der Waals surface area contributed by atoms with Crippen LogP contribution in [0.4, 0.5) is 0 Å². The van der Waals surface area contributed by atoms with Crippen LogP contribution in [0.2, 0.25) is 0 Å². The Morgan fingerprint density at radius 1 is 1.33 bits per heavy atom. The number of carbonyl (C=O) groups excluding carboxylic acids is 2. The van der Waals surface area contributed by atoms with Crippen LogP contribution in [0.3, 0.4) is 0 Å². The van der Waals surface area contributed by atoms with Crippen molar-refractivity contribution in [2.45, 2.75) is 46.5 Å². The Hall–Kier alpha value is -0.660. The third kappa shape index (κ3) is 5.05. The van der Waals surface area contributed by atoms with Gasteiger partial charge in [0.25, 0.3) is 0 Å². The molecule has 0 fully saturated rings. The van der Waals surface area contributed by atoms with Crippen LogP contribution in [-0.4, -0.2) is 11.6 Å². The second-order valence-corrected chi connectivity index (χ2v) is 3.32. The van der Waals surface area contributed by atoms with Crippen molar-refractivity contribution in [1.82, 2.24) is 0 Å². The molecule has 0 heterocycles. The Labute approximate surface area is 74.3 Å². The fourth-order valence-electron chi connectivity index (χ4n) is 1.17. The molecule has 0 saturated heterocycles. The Bertz CT molecular complexity index is 161. The minimum atomic E-state index is 0.134. The Morgan fingerprint density at radius 3 is 2.33 bits per heavy atom. The molecule has 0 spiro atoms. The minimum absolute atomic E-state index is 0.134. The quantitative estimate of drug-likeness (QED) is 0.613. The Morgan fingerprint density at radius 2 is 1.92 bits per heavy atom. The van der Waals surface area contributed by atoms with Gasteiger partial charge in [0.1, 0.15) is 11.6 Å². The van der Waals surface area contributed by atoms with Crippen molar-refractivity contribution in [2.75, 3.05) is 0 Å². The van der Waals surface area contributed by atoms with Crippen molar-refractivity contribution in [1.29, 1.82) is 0 Å². The summed E-state index contributed by atoms with van der Waals surface area (Å²) in [4.78, 5) is 21.7. The summed E-state index contributed by atoms with van der Waals surface area (Å²) in [5.41, 5.74) is 0. The molecular formula is C10H18O2. The van der Waals surface area contributed by atoms with Gasteiger partial charge >= 0.3 is 0 Å². The molecule has 0 aromatic rings. The van der Waals surface area contributed by atoms with Gasteiger partial charge in [-0.1, -0.05) is 13.8 Å². The monoisotopic (exact) mass is 170 g/mol. The molecule has 0 aromatic carbocycles. The van der Waals surface area contributed by atoms with E-state index in [0.717, 1.165) is 12.8 Å². The van der Waals surface area contributed by atoms with E-state index in [1.54, 1.807) is 6.92 Å². The third-order valence-electron chi connectivity index (χ3n) is 2.06. The molecular weight excluding hydrogens is 152 g/mol. The second-order valence-electron chi connectivity index (χ2n) is 3.32. The molecule has 1 atom stereocenters. The van der Waals surface area contributed by atoms with Gasteiger partial charge in [-0.25, -0.2) is 0 Å². The van der Waals surface area contributed by atoms with E-state index in [4.69, 9.17) is 0 Å². The minimum Gasteiger partial charge on any atom is -0.300 e. The number of Topliss-reactive ketones (excluding diaryl/α,β-unsaturated/α-hetero) is 2. The zero-order valence-electron chi connectivity index (χ0n) is 8.22. The zero-order valence-corrected chi connectivity index (χ0v) is 8.22. The predicted octanol–water partition coefficient (Wildman–Crippen LogP) is 2.36. The van der Waals surface area contributed by atoms with Crippen LogP contribution in [-0.2, 0) is 9.59 Å². The fraction of sp³-hybridized carbons (Fsp3) is 0.800. The Kier molecular flexibility index (Phi) is 5.60. The molecule has 0 saturated carbocycles. The summed E-state index contributed by atoms with van der Waals surface area (Å²) in [6, 6.07) is 0. The maximum absolute atomic E-state index is 11.1. The van der Waals surface area contributed by atoms with Gasteiger partial charge in [0.2, 0.25) is 0 Å². The van der Waals surface area contributed by atoms with Gasteiger partial charge < -0.3 is 4.79 Å². The lowest BCUT2D eigenvalue weighted by molar-refractivity contribution is -0.122. The van der Waals surface area contributed by atoms with Gasteiger partial charge in [-0.15, -0.1) is 0 Å². The smallest absolute Gasteiger partial charge is 0.135 e. The fourth-order valence-corrected chi connectivity index (χ4v) is 1.17. The summed E-state index contributed by atoms with van der Waals surface area (Å²) in [5, 5.41) is 0. The second kappa shape index (κ2) is 5.92. The van der Waals surface area contributed by atoms with E-state index < -0.39 is 0 Å². The SMILES string of the molecule is CCC(=O)C(C)CCCC(C)=O. The number of hydrogen-bond donors (Lipinski definition) is 0. The number of ketones is 2. The molecule has 0 aliphatic rings. The van der Waals surface area contributed by atoms with Gasteiger partial charge in [-0.3, -0.25) is 4.79 Å². The van der Waals surface area contributed by atoms with Crippen molar-refractivity contribution < 1.29 is 9.59 Å². The molecule has 0 aliphatic carbocycles. The summed E-state index contributed by atoms with van der Waals surface area (Å²) in [7, 11) is 0. The average Bonchev–Trinajstić information content (AvgIpc) is 2.02. The van der Waals surface area contributed by atoms with Gasteiger partial charge in [0.05, 0.1) is 0 Å². The van der Waals surface area contributed by atoms with E-state index in [2.05, 4.69) is 0 Å². The van der Waals surface area contributed by atoms with Crippen LogP contribution in [0.25, 0.3) is 0 Å². The van der Waals surface area contributed by atoms with Gasteiger partial charge in [-0.2, -0.15) is 0 Å². The standard InChI is InChI=1S/C10H18O2/c1-4-10(12)8(2)6-5-7-9(3)11/h8H,4-7H2,1-3H3. The topological polar surface area (TPSA) is 34.1 Å². The first kappa shape index (κ1) is 11.3. The molecule has 70 valence electrons. The van der Waals surface area contributed by atoms with Crippen LogP contribution in [0.1, 0.15) is 46.5 Å². The Balaban J connectivity index is 3.50. The number of hydrogen-bond acceptors (Lipinski definition) is 2.